The highest BCUT2D eigenvalue weighted by Gasteiger charge is 2.50. The molecule has 3 aromatic carbocycles. The Morgan fingerprint density at radius 3 is 2.47 bits per heavy atom. The summed E-state index contributed by atoms with van der Waals surface area (Å²) in [6, 6.07) is 11.6. The fraction of sp³-hybridized carbons (Fsp3) is 0.542. The lowest BCUT2D eigenvalue weighted by molar-refractivity contribution is -0.135. The summed E-state index contributed by atoms with van der Waals surface area (Å²) in [6.07, 6.45) is 11.6. The number of ether oxygens (including phenoxy) is 2. The van der Waals surface area contributed by atoms with E-state index in [1.807, 2.05) is 22.8 Å². The van der Waals surface area contributed by atoms with Gasteiger partial charge in [-0.1, -0.05) is 19.1 Å². The SMILES string of the molecule is CCc1c(F)ccc2cc(O)cc(-c3ncc4c(N5CCC[C@@](C)(O)C5)nc(OC[C@@]56CCCN5[C@H](COC(=O)N5CCC(N7CCC(Cc8ccc9c(c8)n(C)c(=O)n9C8CCC(=O)NC8=O)CC7)CC5)CC6)nc4c3F)c12. The molecule has 6 saturated heterocycles. The van der Waals surface area contributed by atoms with E-state index >= 15 is 8.78 Å². The maximum Gasteiger partial charge on any atom is 0.409 e. The van der Waals surface area contributed by atoms with Gasteiger partial charge in [-0.2, -0.15) is 9.97 Å². The van der Waals surface area contributed by atoms with Crippen LogP contribution >= 0.6 is 0 Å². The summed E-state index contributed by atoms with van der Waals surface area (Å²) in [7, 11) is 1.73. The number of anilines is 1. The lowest BCUT2D eigenvalue weighted by Gasteiger charge is -2.41. The van der Waals surface area contributed by atoms with Crippen LogP contribution in [0, 0.1) is 17.6 Å². The van der Waals surface area contributed by atoms with E-state index in [1.54, 1.807) is 24.6 Å². The molecular formula is C59H70F2N10O8. The first-order chi connectivity index (χ1) is 38.1. The molecule has 0 aliphatic carbocycles. The normalized spacial score (nSPS) is 24.7. The molecule has 0 spiro atoms. The topological polar surface area (TPSA) is 201 Å². The summed E-state index contributed by atoms with van der Waals surface area (Å²) in [5, 5.41) is 25.7. The number of imide groups is 1. The van der Waals surface area contributed by atoms with Crippen LogP contribution in [-0.2, 0) is 34.2 Å². The average molecular weight is 1090 g/mol. The number of likely N-dealkylation sites (tertiary alicyclic amines) is 2. The zero-order chi connectivity index (χ0) is 54.9. The summed E-state index contributed by atoms with van der Waals surface area (Å²) in [6.45, 7) is 9.00. The van der Waals surface area contributed by atoms with Gasteiger partial charge in [-0.25, -0.2) is 18.4 Å². The highest BCUT2D eigenvalue weighted by Crippen LogP contribution is 2.44. The van der Waals surface area contributed by atoms with Crippen molar-refractivity contribution in [2.75, 3.05) is 63.9 Å². The number of rotatable bonds is 12. The van der Waals surface area contributed by atoms with Crippen molar-refractivity contribution in [2.24, 2.45) is 13.0 Å². The molecule has 9 heterocycles. The molecule has 6 aromatic rings. The van der Waals surface area contributed by atoms with Crippen molar-refractivity contribution < 1.29 is 42.9 Å². The summed E-state index contributed by atoms with van der Waals surface area (Å²) >= 11 is 0. The second kappa shape index (κ2) is 21.0. The number of amides is 3. The fourth-order valence-corrected chi connectivity index (χ4v) is 14.2. The number of pyridine rings is 1. The number of hydrogen-bond donors (Lipinski definition) is 3. The van der Waals surface area contributed by atoms with Crippen molar-refractivity contribution in [2.45, 2.75) is 133 Å². The number of nitrogens with zero attached hydrogens (tertiary/aromatic N) is 9. The molecule has 3 amide bonds. The molecule has 18 nitrogen and oxygen atoms in total. The third kappa shape index (κ3) is 9.95. The number of carbonyl (C=O) groups is 3. The standard InChI is InChI=1S/C59H70F2N10O8/c1-4-41-44(60)9-8-37-29-40(72)30-42(49(37)41)51-50(61)52-43(31-62-51)53(69-21-5-18-58(2,77)33-69)65-55(64-52)79-34-59-19-6-22-70(59)39(13-20-59)32-78-57(76)68-25-16-38(17-26-68)67-23-14-35(15-24-67)27-36-7-10-45-47(28-36)66(3)56(75)71(45)46-11-12-48(73)63-54(46)74/h7-10,28-31,35,38-39,46,72,77H,4-6,11-27,32-34H2,1-3H3,(H,63,73,74)/t39-,46?,58+,59-/m0/s1. The minimum atomic E-state index is -1.00. The van der Waals surface area contributed by atoms with Crippen molar-refractivity contribution in [1.82, 2.24) is 44.1 Å². The number of nitrogens with one attached hydrogen (secondary N) is 1. The van der Waals surface area contributed by atoms with Crippen molar-refractivity contribution in [3.05, 3.63) is 81.9 Å². The molecule has 0 saturated carbocycles. The lowest BCUT2D eigenvalue weighted by atomic mass is 9.88. The number of aliphatic hydroxyl groups is 1. The number of hydrogen-bond acceptors (Lipinski definition) is 14. The van der Waals surface area contributed by atoms with Gasteiger partial charge >= 0.3 is 17.8 Å². The van der Waals surface area contributed by atoms with E-state index in [1.165, 1.54) is 29.0 Å². The van der Waals surface area contributed by atoms with E-state index in [2.05, 4.69) is 32.2 Å². The molecule has 418 valence electrons. The van der Waals surface area contributed by atoms with Gasteiger partial charge in [-0.05, 0) is 168 Å². The summed E-state index contributed by atoms with van der Waals surface area (Å²) in [4.78, 5) is 74.3. The third-order valence-corrected chi connectivity index (χ3v) is 18.4. The number of piperidine rings is 4. The number of aromatic hydroxyl groups is 1. The van der Waals surface area contributed by atoms with Crippen LogP contribution in [0.3, 0.4) is 0 Å². The van der Waals surface area contributed by atoms with Gasteiger partial charge in [-0.3, -0.25) is 33.9 Å². The highest BCUT2D eigenvalue weighted by atomic mass is 19.1. The van der Waals surface area contributed by atoms with Gasteiger partial charge < -0.3 is 34.4 Å². The first-order valence-electron chi connectivity index (χ1n) is 28.4. The van der Waals surface area contributed by atoms with Gasteiger partial charge in [0, 0.05) is 63.5 Å². The van der Waals surface area contributed by atoms with Gasteiger partial charge in [-0.15, -0.1) is 0 Å². The minimum absolute atomic E-state index is 0.00585. The van der Waals surface area contributed by atoms with E-state index in [4.69, 9.17) is 19.4 Å². The Labute approximate surface area is 456 Å². The van der Waals surface area contributed by atoms with Crippen LogP contribution in [0.4, 0.5) is 19.4 Å². The highest BCUT2D eigenvalue weighted by molar-refractivity contribution is 6.02. The maximum atomic E-state index is 17.3. The first-order valence-corrected chi connectivity index (χ1v) is 28.4. The van der Waals surface area contributed by atoms with E-state index in [0.29, 0.717) is 90.3 Å². The molecule has 6 aliphatic rings. The molecule has 3 aromatic heterocycles. The van der Waals surface area contributed by atoms with Gasteiger partial charge in [0.15, 0.2) is 5.82 Å². The van der Waals surface area contributed by atoms with E-state index in [0.717, 1.165) is 88.5 Å². The molecule has 6 aliphatic heterocycles. The van der Waals surface area contributed by atoms with E-state index < -0.39 is 29.2 Å². The van der Waals surface area contributed by atoms with Crippen molar-refractivity contribution >= 4 is 56.4 Å². The molecule has 20 heteroatoms. The Balaban J connectivity index is 0.665. The zero-order valence-electron chi connectivity index (χ0n) is 45.3. The van der Waals surface area contributed by atoms with E-state index in [-0.39, 0.29) is 84.0 Å². The number of aromatic nitrogens is 5. The number of fused-ring (bicyclic) bond motifs is 4. The number of halogens is 2. The van der Waals surface area contributed by atoms with Gasteiger partial charge in [0.05, 0.1) is 27.6 Å². The van der Waals surface area contributed by atoms with E-state index in [9.17, 15) is 29.4 Å². The first kappa shape index (κ1) is 52.9. The Morgan fingerprint density at radius 2 is 1.70 bits per heavy atom. The predicted molar refractivity (Wildman–Crippen MR) is 293 cm³/mol. The number of phenols is 1. The Morgan fingerprint density at radius 1 is 0.899 bits per heavy atom. The number of carbonyl (C=O) groups excluding carboxylic acids is 3. The molecule has 1 unspecified atom stereocenters. The molecule has 79 heavy (non-hydrogen) atoms. The zero-order valence-corrected chi connectivity index (χ0v) is 45.3. The quantitative estimate of drug-likeness (QED) is 0.103. The van der Waals surface area contributed by atoms with Gasteiger partial charge in [0.1, 0.15) is 47.9 Å². The monoisotopic (exact) mass is 1080 g/mol. The number of aryl methyl sites for hydroxylation is 2. The molecule has 4 atom stereocenters. The van der Waals surface area contributed by atoms with Crippen LogP contribution in [0.5, 0.6) is 11.8 Å². The van der Waals surface area contributed by atoms with Crippen molar-refractivity contribution in [3.8, 4) is 23.0 Å². The van der Waals surface area contributed by atoms with Crippen LogP contribution in [0.2, 0.25) is 0 Å². The summed E-state index contributed by atoms with van der Waals surface area (Å²) < 4.78 is 48.3. The largest absolute Gasteiger partial charge is 0.508 e. The van der Waals surface area contributed by atoms with Gasteiger partial charge in [0.2, 0.25) is 11.8 Å². The van der Waals surface area contributed by atoms with Crippen LogP contribution in [0.1, 0.15) is 108 Å². The van der Waals surface area contributed by atoms with Crippen LogP contribution in [0.15, 0.2) is 53.5 Å². The molecule has 3 N–H and O–H groups in total. The Bertz CT molecular complexity index is 3440. The summed E-state index contributed by atoms with van der Waals surface area (Å²) in [5.74, 6) is -1.16. The van der Waals surface area contributed by atoms with Crippen molar-refractivity contribution in [3.63, 3.8) is 0 Å². The second-order valence-corrected chi connectivity index (χ2v) is 23.5. The van der Waals surface area contributed by atoms with Gasteiger partial charge in [0.25, 0.3) is 0 Å². The third-order valence-electron chi connectivity index (χ3n) is 18.4. The van der Waals surface area contributed by atoms with Crippen LogP contribution < -0.4 is 20.6 Å². The number of benzene rings is 3. The smallest absolute Gasteiger partial charge is 0.409 e. The summed E-state index contributed by atoms with van der Waals surface area (Å²) in [5.41, 5.74) is 1.51. The number of β-amino-alcohol motifs (C(OH)–C–C–N with tert-alkyl or cyclic N) is 1. The minimum Gasteiger partial charge on any atom is -0.508 e. The predicted octanol–water partition coefficient (Wildman–Crippen LogP) is 7.31. The molecule has 0 radical (unpaired) electrons. The Hall–Kier alpha value is -6.77. The lowest BCUT2D eigenvalue weighted by Crippen LogP contribution is -2.50. The van der Waals surface area contributed by atoms with Crippen LogP contribution in [-0.4, -0.2) is 149 Å². The molecule has 6 fully saturated rings. The maximum absolute atomic E-state index is 17.3. The fourth-order valence-electron chi connectivity index (χ4n) is 14.2. The second-order valence-electron chi connectivity index (χ2n) is 23.5. The molecule has 12 rings (SSSR count). The molecule has 0 bridgehead atoms. The Kier molecular flexibility index (Phi) is 14.1. The molecular weight excluding hydrogens is 1010 g/mol. The number of phenolic OH excluding ortho intramolecular Hbond substituents is 1. The van der Waals surface area contributed by atoms with Crippen LogP contribution in [0.25, 0.3) is 44.0 Å². The van der Waals surface area contributed by atoms with Crippen molar-refractivity contribution in [1.29, 1.82) is 0 Å². The number of imidazole rings is 1. The average Bonchev–Trinajstić information content (AvgIpc) is 4.33.